The van der Waals surface area contributed by atoms with Crippen molar-refractivity contribution in [3.8, 4) is 0 Å². The highest BCUT2D eigenvalue weighted by atomic mass is 79.9. The van der Waals surface area contributed by atoms with Crippen LogP contribution in [0.1, 0.15) is 62.9 Å². The van der Waals surface area contributed by atoms with E-state index in [-0.39, 0.29) is 11.6 Å². The van der Waals surface area contributed by atoms with E-state index >= 15 is 0 Å². The number of ether oxygens (including phenoxy) is 1. The zero-order valence-corrected chi connectivity index (χ0v) is 29.2. The Kier molecular flexibility index (Phi) is 11.7. The van der Waals surface area contributed by atoms with E-state index in [2.05, 4.69) is 31.9 Å². The van der Waals surface area contributed by atoms with Gasteiger partial charge in [0.1, 0.15) is 10.7 Å². The molecule has 4 aromatic rings. The van der Waals surface area contributed by atoms with Gasteiger partial charge in [-0.15, -0.1) is 23.1 Å². The highest BCUT2D eigenvalue weighted by Crippen LogP contribution is 2.39. The van der Waals surface area contributed by atoms with Crippen molar-refractivity contribution in [2.45, 2.75) is 49.2 Å². The zero-order chi connectivity index (χ0) is 33.3. The van der Waals surface area contributed by atoms with Crippen molar-refractivity contribution in [2.75, 3.05) is 17.7 Å². The Bertz CT molecular complexity index is 1820. The van der Waals surface area contributed by atoms with Gasteiger partial charge in [0, 0.05) is 25.5 Å². The maximum atomic E-state index is 13.6. The Morgan fingerprint density at radius 2 is 1.72 bits per heavy atom. The number of thiophene rings is 1. The lowest BCUT2D eigenvalue weighted by molar-refractivity contribution is -0.116. The van der Waals surface area contributed by atoms with Crippen LogP contribution in [-0.4, -0.2) is 36.1 Å². The highest BCUT2D eigenvalue weighted by Gasteiger charge is 2.28. The molecule has 0 spiro atoms. The van der Waals surface area contributed by atoms with Gasteiger partial charge in [-0.3, -0.25) is 14.4 Å². The standard InChI is InChI=1S/C36H34BrN3O5S2/c1-3-29(34(43)40-35-31(36(44)45-2)27-17-7-8-18-30(27)47-35)46-26-16-10-15-25(21-26)38-33(42)28(20-22-11-9-14-24(37)19-22)39-32(41)23-12-5-4-6-13-23/h4-6,9-16,19-21,29H,3,7-8,17-18H2,1-2H3,(H,38,42)(H,39,41)(H,40,43)/b28-20+. The first-order valence-corrected chi connectivity index (χ1v) is 17.7. The molecule has 242 valence electrons. The van der Waals surface area contributed by atoms with Gasteiger partial charge in [0.05, 0.1) is 17.9 Å². The SMILES string of the molecule is CCC(Sc1cccc(NC(=O)/C(=C\c2cccc(Br)c2)NC(=O)c2ccccc2)c1)C(=O)Nc1sc2c(c1C(=O)OC)CCCC2. The van der Waals surface area contributed by atoms with E-state index in [0.717, 1.165) is 51.1 Å². The molecule has 0 saturated carbocycles. The number of hydrogen-bond donors (Lipinski definition) is 3. The molecule has 3 aromatic carbocycles. The number of benzene rings is 3. The maximum absolute atomic E-state index is 13.6. The molecule has 0 radical (unpaired) electrons. The van der Waals surface area contributed by atoms with E-state index in [4.69, 9.17) is 4.74 Å². The van der Waals surface area contributed by atoms with Crippen LogP contribution in [0, 0.1) is 0 Å². The summed E-state index contributed by atoms with van der Waals surface area (Å²) in [6.45, 7) is 1.93. The topological polar surface area (TPSA) is 114 Å². The second kappa shape index (κ2) is 16.1. The fourth-order valence-electron chi connectivity index (χ4n) is 5.20. The van der Waals surface area contributed by atoms with E-state index in [1.807, 2.05) is 43.3 Å². The summed E-state index contributed by atoms with van der Waals surface area (Å²) in [7, 11) is 1.36. The van der Waals surface area contributed by atoms with Gasteiger partial charge >= 0.3 is 5.97 Å². The van der Waals surface area contributed by atoms with Gasteiger partial charge in [-0.2, -0.15) is 0 Å². The molecule has 1 heterocycles. The lowest BCUT2D eigenvalue weighted by atomic mass is 9.95. The molecule has 3 N–H and O–H groups in total. The first-order chi connectivity index (χ1) is 22.7. The molecular weight excluding hydrogens is 698 g/mol. The number of halogens is 1. The third-order valence-electron chi connectivity index (χ3n) is 7.52. The molecule has 3 amide bonds. The Hall–Kier alpha value is -4.19. The fourth-order valence-corrected chi connectivity index (χ4v) is 7.91. The summed E-state index contributed by atoms with van der Waals surface area (Å²) in [4.78, 5) is 54.6. The number of rotatable bonds is 11. The van der Waals surface area contributed by atoms with Crippen LogP contribution in [0.3, 0.4) is 0 Å². The van der Waals surface area contributed by atoms with E-state index in [0.29, 0.717) is 28.2 Å². The van der Waals surface area contributed by atoms with Gasteiger partial charge in [-0.05, 0) is 91.8 Å². The first-order valence-electron chi connectivity index (χ1n) is 15.2. The Morgan fingerprint density at radius 3 is 2.47 bits per heavy atom. The number of thioether (sulfide) groups is 1. The van der Waals surface area contributed by atoms with E-state index < -0.39 is 23.0 Å². The van der Waals surface area contributed by atoms with Crippen LogP contribution in [0.25, 0.3) is 6.08 Å². The summed E-state index contributed by atoms with van der Waals surface area (Å²) in [6, 6.07) is 23.3. The number of amides is 3. The third-order valence-corrected chi connectivity index (χ3v) is 10.6. The third kappa shape index (κ3) is 8.79. The van der Waals surface area contributed by atoms with Crippen LogP contribution >= 0.6 is 39.0 Å². The molecule has 11 heteroatoms. The molecule has 0 bridgehead atoms. The number of methoxy groups -OCH3 is 1. The molecule has 5 rings (SSSR count). The first kappa shape index (κ1) is 34.2. The van der Waals surface area contributed by atoms with Crippen molar-refractivity contribution >= 4 is 79.5 Å². The van der Waals surface area contributed by atoms with Crippen molar-refractivity contribution in [2.24, 2.45) is 0 Å². The Balaban J connectivity index is 1.31. The molecule has 0 fully saturated rings. The predicted molar refractivity (Wildman–Crippen MR) is 192 cm³/mol. The van der Waals surface area contributed by atoms with Crippen molar-refractivity contribution in [3.05, 3.63) is 116 Å². The highest BCUT2D eigenvalue weighted by molar-refractivity contribution is 9.10. The zero-order valence-electron chi connectivity index (χ0n) is 25.9. The van der Waals surface area contributed by atoms with Crippen molar-refractivity contribution in [1.29, 1.82) is 0 Å². The van der Waals surface area contributed by atoms with Gasteiger partial charge in [0.15, 0.2) is 0 Å². The van der Waals surface area contributed by atoms with Gasteiger partial charge in [-0.1, -0.05) is 59.3 Å². The number of esters is 1. The lowest BCUT2D eigenvalue weighted by Gasteiger charge is -2.16. The molecule has 8 nitrogen and oxygen atoms in total. The summed E-state index contributed by atoms with van der Waals surface area (Å²) in [5.74, 6) is -1.56. The minimum absolute atomic E-state index is 0.0703. The molecule has 1 atom stereocenters. The number of anilines is 2. The van der Waals surface area contributed by atoms with E-state index in [1.165, 1.54) is 30.2 Å². The van der Waals surface area contributed by atoms with Crippen molar-refractivity contribution in [1.82, 2.24) is 5.32 Å². The van der Waals surface area contributed by atoms with Crippen LogP contribution in [0.5, 0.6) is 0 Å². The number of nitrogens with one attached hydrogen (secondary N) is 3. The molecule has 1 aromatic heterocycles. The Labute approximate surface area is 290 Å². The minimum Gasteiger partial charge on any atom is -0.465 e. The average molecular weight is 733 g/mol. The summed E-state index contributed by atoms with van der Waals surface area (Å²) in [6.07, 6.45) is 5.90. The summed E-state index contributed by atoms with van der Waals surface area (Å²) in [5, 5.41) is 8.74. The summed E-state index contributed by atoms with van der Waals surface area (Å²) < 4.78 is 5.89. The number of carbonyl (C=O) groups is 4. The molecule has 0 aliphatic heterocycles. The second-order valence-electron chi connectivity index (χ2n) is 10.8. The molecule has 0 saturated heterocycles. The van der Waals surface area contributed by atoms with E-state index in [9.17, 15) is 19.2 Å². The molecular formula is C36H34BrN3O5S2. The van der Waals surface area contributed by atoms with Gasteiger partial charge in [0.2, 0.25) is 5.91 Å². The quantitative estimate of drug-likeness (QED) is 0.0817. The Morgan fingerprint density at radius 1 is 0.957 bits per heavy atom. The monoisotopic (exact) mass is 731 g/mol. The molecule has 1 aliphatic carbocycles. The average Bonchev–Trinajstić information content (AvgIpc) is 3.44. The van der Waals surface area contributed by atoms with E-state index in [1.54, 1.807) is 48.5 Å². The smallest absolute Gasteiger partial charge is 0.341 e. The van der Waals surface area contributed by atoms with Gasteiger partial charge in [0.25, 0.3) is 11.8 Å². The van der Waals surface area contributed by atoms with Crippen molar-refractivity contribution in [3.63, 3.8) is 0 Å². The second-order valence-corrected chi connectivity index (χ2v) is 14.1. The predicted octanol–water partition coefficient (Wildman–Crippen LogP) is 8.10. The fraction of sp³-hybridized carbons (Fsp3) is 0.222. The molecule has 1 unspecified atom stereocenters. The summed E-state index contributed by atoms with van der Waals surface area (Å²) >= 11 is 6.28. The largest absolute Gasteiger partial charge is 0.465 e. The lowest BCUT2D eigenvalue weighted by Crippen LogP contribution is -2.30. The number of carbonyl (C=O) groups excluding carboxylic acids is 4. The van der Waals surface area contributed by atoms with Gasteiger partial charge in [-0.25, -0.2) is 4.79 Å². The number of aryl methyl sites for hydroxylation is 1. The maximum Gasteiger partial charge on any atom is 0.341 e. The van der Waals surface area contributed by atoms with Crippen LogP contribution in [0.4, 0.5) is 10.7 Å². The minimum atomic E-state index is -0.502. The normalized spacial score (nSPS) is 13.2. The summed E-state index contributed by atoms with van der Waals surface area (Å²) in [5.41, 5.74) is 3.17. The van der Waals surface area contributed by atoms with Gasteiger partial charge < -0.3 is 20.7 Å². The van der Waals surface area contributed by atoms with Crippen LogP contribution in [-0.2, 0) is 27.2 Å². The number of hydrogen-bond acceptors (Lipinski definition) is 7. The molecule has 1 aliphatic rings. The van der Waals surface area contributed by atoms with Crippen molar-refractivity contribution < 1.29 is 23.9 Å². The van der Waals surface area contributed by atoms with Crippen LogP contribution in [0.15, 0.2) is 93.9 Å². The molecule has 47 heavy (non-hydrogen) atoms. The number of fused-ring (bicyclic) bond motifs is 1. The van der Waals surface area contributed by atoms with Crippen LogP contribution in [0.2, 0.25) is 0 Å². The van der Waals surface area contributed by atoms with Crippen LogP contribution < -0.4 is 16.0 Å².